The van der Waals surface area contributed by atoms with Gasteiger partial charge in [0.05, 0.1) is 6.04 Å². The number of ketones is 1. The molecule has 0 aliphatic carbocycles. The highest BCUT2D eigenvalue weighted by Gasteiger charge is 2.24. The molecule has 20 heavy (non-hydrogen) atoms. The molecule has 0 saturated heterocycles. The summed E-state index contributed by atoms with van der Waals surface area (Å²) in [5, 5.41) is 3.46. The van der Waals surface area contributed by atoms with Crippen LogP contribution in [-0.4, -0.2) is 19.9 Å². The van der Waals surface area contributed by atoms with E-state index in [1.807, 2.05) is 38.4 Å². The normalized spacial score (nSPS) is 17.3. The van der Waals surface area contributed by atoms with Gasteiger partial charge in [0.25, 0.3) is 0 Å². The third-order valence-electron chi connectivity index (χ3n) is 3.76. The highest BCUT2D eigenvalue weighted by atomic mass is 16.1. The number of hydrogen-bond acceptors (Lipinski definition) is 3. The Hall–Kier alpha value is -2.29. The Bertz CT molecular complexity index is 632. The fourth-order valence-electron chi connectivity index (χ4n) is 2.59. The Balaban J connectivity index is 1.88. The van der Waals surface area contributed by atoms with Gasteiger partial charge in [-0.25, -0.2) is 0 Å². The smallest absolute Gasteiger partial charge is 0.167 e. The minimum Gasteiger partial charge on any atom is -0.378 e. The van der Waals surface area contributed by atoms with E-state index in [2.05, 4.69) is 34.5 Å². The molecular formula is C17H18N2O. The van der Waals surface area contributed by atoms with E-state index in [0.717, 1.165) is 22.5 Å². The van der Waals surface area contributed by atoms with E-state index in [4.69, 9.17) is 0 Å². The topological polar surface area (TPSA) is 32.3 Å². The Morgan fingerprint density at radius 2 is 1.75 bits per heavy atom. The molecule has 0 spiro atoms. The third-order valence-corrected chi connectivity index (χ3v) is 3.76. The van der Waals surface area contributed by atoms with Crippen molar-refractivity contribution in [3.8, 4) is 0 Å². The van der Waals surface area contributed by atoms with Crippen molar-refractivity contribution in [1.29, 1.82) is 0 Å². The summed E-state index contributed by atoms with van der Waals surface area (Å²) in [6, 6.07) is 16.1. The van der Waals surface area contributed by atoms with Crippen LogP contribution in [-0.2, 0) is 0 Å². The first-order valence-corrected chi connectivity index (χ1v) is 6.81. The van der Waals surface area contributed by atoms with Crippen LogP contribution in [0.3, 0.4) is 0 Å². The van der Waals surface area contributed by atoms with Gasteiger partial charge in [0.1, 0.15) is 0 Å². The number of nitrogens with zero attached hydrogens (tertiary/aromatic N) is 1. The van der Waals surface area contributed by atoms with Crippen LogP contribution in [0.2, 0.25) is 0 Å². The lowest BCUT2D eigenvalue weighted by Crippen LogP contribution is -2.22. The van der Waals surface area contributed by atoms with Crippen LogP contribution in [0.1, 0.15) is 28.4 Å². The number of benzene rings is 2. The lowest BCUT2D eigenvalue weighted by molar-refractivity contribution is 0.0972. The molecule has 2 aromatic carbocycles. The summed E-state index contributed by atoms with van der Waals surface area (Å²) in [6.07, 6.45) is 0.512. The Kier molecular flexibility index (Phi) is 3.18. The van der Waals surface area contributed by atoms with Crippen LogP contribution in [0.25, 0.3) is 0 Å². The zero-order valence-electron chi connectivity index (χ0n) is 11.8. The maximum atomic E-state index is 12.2. The van der Waals surface area contributed by atoms with E-state index < -0.39 is 0 Å². The zero-order valence-corrected chi connectivity index (χ0v) is 11.8. The lowest BCUT2D eigenvalue weighted by atomic mass is 9.92. The number of Topliss-reactive ketones (excluding diaryl/α,β-unsaturated/α-hetero) is 1. The summed E-state index contributed by atoms with van der Waals surface area (Å²) in [6.45, 7) is 0. The molecule has 1 aliphatic rings. The highest BCUT2D eigenvalue weighted by Crippen LogP contribution is 2.32. The van der Waals surface area contributed by atoms with Crippen LogP contribution in [0.4, 0.5) is 11.4 Å². The number of carbonyl (C=O) groups excluding carboxylic acids is 1. The third kappa shape index (κ3) is 2.27. The number of para-hydroxylation sites is 1. The van der Waals surface area contributed by atoms with Gasteiger partial charge in [-0.3, -0.25) is 4.79 Å². The van der Waals surface area contributed by atoms with E-state index in [1.165, 1.54) is 0 Å². The number of nitrogens with one attached hydrogen (secondary N) is 1. The Labute approximate surface area is 119 Å². The van der Waals surface area contributed by atoms with Gasteiger partial charge in [-0.05, 0) is 29.8 Å². The van der Waals surface area contributed by atoms with Crippen molar-refractivity contribution in [3.05, 3.63) is 59.7 Å². The van der Waals surface area contributed by atoms with Gasteiger partial charge in [0.15, 0.2) is 5.78 Å². The molecule has 0 saturated carbocycles. The first kappa shape index (κ1) is 12.7. The number of carbonyl (C=O) groups is 1. The molecule has 2 aromatic rings. The monoisotopic (exact) mass is 266 g/mol. The second-order valence-corrected chi connectivity index (χ2v) is 5.36. The minimum atomic E-state index is 0.0635. The molecule has 3 heteroatoms. The summed E-state index contributed by atoms with van der Waals surface area (Å²) in [7, 11) is 4.04. The summed E-state index contributed by atoms with van der Waals surface area (Å²) < 4.78 is 0. The molecule has 0 bridgehead atoms. The summed E-state index contributed by atoms with van der Waals surface area (Å²) in [4.78, 5) is 14.3. The highest BCUT2D eigenvalue weighted by molar-refractivity contribution is 6.03. The SMILES string of the molecule is CN(C)c1ccc([C@H]2CC(=O)c3ccccc3N2)cc1. The van der Waals surface area contributed by atoms with Crippen molar-refractivity contribution >= 4 is 17.2 Å². The van der Waals surface area contributed by atoms with Crippen molar-refractivity contribution in [2.75, 3.05) is 24.3 Å². The van der Waals surface area contributed by atoms with Gasteiger partial charge in [-0.2, -0.15) is 0 Å². The fraction of sp³-hybridized carbons (Fsp3) is 0.235. The average molecular weight is 266 g/mol. The summed E-state index contributed by atoms with van der Waals surface area (Å²) in [5.41, 5.74) is 4.05. The van der Waals surface area contributed by atoms with Crippen LogP contribution >= 0.6 is 0 Å². The van der Waals surface area contributed by atoms with Gasteiger partial charge in [0.2, 0.25) is 0 Å². The predicted octanol–water partition coefficient (Wildman–Crippen LogP) is 3.49. The first-order chi connectivity index (χ1) is 9.65. The van der Waals surface area contributed by atoms with E-state index >= 15 is 0 Å². The molecule has 0 radical (unpaired) electrons. The Morgan fingerprint density at radius 3 is 2.45 bits per heavy atom. The van der Waals surface area contributed by atoms with Gasteiger partial charge in [-0.1, -0.05) is 24.3 Å². The van der Waals surface area contributed by atoms with Crippen molar-refractivity contribution in [2.45, 2.75) is 12.5 Å². The standard InChI is InChI=1S/C17H18N2O/c1-19(2)13-9-7-12(8-10-13)16-11-17(20)14-5-3-4-6-15(14)18-16/h3-10,16,18H,11H2,1-2H3/t16-/m1/s1. The molecular weight excluding hydrogens is 248 g/mol. The molecule has 0 amide bonds. The first-order valence-electron chi connectivity index (χ1n) is 6.81. The molecule has 1 N–H and O–H groups in total. The van der Waals surface area contributed by atoms with Crippen molar-refractivity contribution in [2.24, 2.45) is 0 Å². The fourth-order valence-corrected chi connectivity index (χ4v) is 2.59. The van der Waals surface area contributed by atoms with Gasteiger partial charge >= 0.3 is 0 Å². The predicted molar refractivity (Wildman–Crippen MR) is 82.5 cm³/mol. The summed E-state index contributed by atoms with van der Waals surface area (Å²) in [5.74, 6) is 0.209. The molecule has 1 aliphatic heterocycles. The molecule has 0 unspecified atom stereocenters. The molecule has 3 rings (SSSR count). The van der Waals surface area contributed by atoms with E-state index in [1.54, 1.807) is 0 Å². The lowest BCUT2D eigenvalue weighted by Gasteiger charge is -2.26. The summed E-state index contributed by atoms with van der Waals surface area (Å²) >= 11 is 0. The largest absolute Gasteiger partial charge is 0.378 e. The maximum absolute atomic E-state index is 12.2. The Morgan fingerprint density at radius 1 is 1.05 bits per heavy atom. The van der Waals surface area contributed by atoms with Gasteiger partial charge in [0, 0.05) is 37.5 Å². The number of fused-ring (bicyclic) bond motifs is 1. The molecule has 1 atom stereocenters. The van der Waals surface area contributed by atoms with Crippen LogP contribution in [0.15, 0.2) is 48.5 Å². The number of hydrogen-bond donors (Lipinski definition) is 1. The molecule has 0 aromatic heterocycles. The van der Waals surface area contributed by atoms with Gasteiger partial charge in [-0.15, -0.1) is 0 Å². The quantitative estimate of drug-likeness (QED) is 0.903. The van der Waals surface area contributed by atoms with Crippen LogP contribution in [0.5, 0.6) is 0 Å². The molecule has 102 valence electrons. The minimum absolute atomic E-state index is 0.0635. The molecule has 3 nitrogen and oxygen atoms in total. The average Bonchev–Trinajstić information content (AvgIpc) is 2.47. The number of anilines is 2. The van der Waals surface area contributed by atoms with E-state index in [-0.39, 0.29) is 11.8 Å². The number of rotatable bonds is 2. The maximum Gasteiger partial charge on any atom is 0.167 e. The van der Waals surface area contributed by atoms with E-state index in [9.17, 15) is 4.79 Å². The molecule has 1 heterocycles. The second-order valence-electron chi connectivity index (χ2n) is 5.36. The van der Waals surface area contributed by atoms with Crippen LogP contribution in [0, 0.1) is 0 Å². The van der Waals surface area contributed by atoms with E-state index in [0.29, 0.717) is 6.42 Å². The zero-order chi connectivity index (χ0) is 14.1. The van der Waals surface area contributed by atoms with Crippen LogP contribution < -0.4 is 10.2 Å². The van der Waals surface area contributed by atoms with Crippen molar-refractivity contribution in [3.63, 3.8) is 0 Å². The van der Waals surface area contributed by atoms with Crippen molar-refractivity contribution < 1.29 is 4.79 Å². The second kappa shape index (κ2) is 5.00. The molecule has 0 fully saturated rings. The van der Waals surface area contributed by atoms with Crippen molar-refractivity contribution in [1.82, 2.24) is 0 Å². The van der Waals surface area contributed by atoms with Gasteiger partial charge < -0.3 is 10.2 Å².